The van der Waals surface area contributed by atoms with E-state index < -0.39 is 28.5 Å². The Balaban J connectivity index is 2.09. The highest BCUT2D eigenvalue weighted by Gasteiger charge is 2.34. The Bertz CT molecular complexity index is 1390. The van der Waals surface area contributed by atoms with Gasteiger partial charge in [-0.25, -0.2) is 8.42 Å². The number of sulfonamides is 1. The first-order valence-electron chi connectivity index (χ1n) is 13.6. The lowest BCUT2D eigenvalue weighted by atomic mass is 10.1. The zero-order valence-corrected chi connectivity index (χ0v) is 25.1. The van der Waals surface area contributed by atoms with Gasteiger partial charge in [-0.1, -0.05) is 49.4 Å². The zero-order chi connectivity index (χ0) is 30.0. The van der Waals surface area contributed by atoms with Gasteiger partial charge in [0.15, 0.2) is 0 Å². The molecule has 0 heterocycles. The van der Waals surface area contributed by atoms with Crippen molar-refractivity contribution in [3.63, 3.8) is 0 Å². The van der Waals surface area contributed by atoms with Crippen molar-refractivity contribution < 1.29 is 27.5 Å². The molecule has 0 bridgehead atoms. The Kier molecular flexibility index (Phi) is 11.2. The first kappa shape index (κ1) is 31.5. The highest BCUT2D eigenvalue weighted by Crippen LogP contribution is 2.33. The van der Waals surface area contributed by atoms with Crippen LogP contribution in [0.4, 0.5) is 5.69 Å². The second-order valence-electron chi connectivity index (χ2n) is 9.68. The van der Waals surface area contributed by atoms with Crippen LogP contribution in [0.2, 0.25) is 0 Å². The van der Waals surface area contributed by atoms with Crippen molar-refractivity contribution in [2.24, 2.45) is 0 Å². The number of hydrogen-bond acceptors (Lipinski definition) is 6. The van der Waals surface area contributed by atoms with E-state index in [0.29, 0.717) is 24.5 Å². The van der Waals surface area contributed by atoms with E-state index in [-0.39, 0.29) is 29.1 Å². The second-order valence-corrected chi connectivity index (χ2v) is 11.5. The van der Waals surface area contributed by atoms with Crippen molar-refractivity contribution in [1.29, 1.82) is 0 Å². The average Bonchev–Trinajstić information content (AvgIpc) is 2.96. The molecule has 0 saturated heterocycles. The molecule has 0 radical (unpaired) electrons. The van der Waals surface area contributed by atoms with Crippen LogP contribution >= 0.6 is 0 Å². The summed E-state index contributed by atoms with van der Waals surface area (Å²) in [5, 5.41) is 2.90. The summed E-state index contributed by atoms with van der Waals surface area (Å²) in [4.78, 5) is 28.9. The van der Waals surface area contributed by atoms with E-state index in [1.54, 1.807) is 68.6 Å². The van der Waals surface area contributed by atoms with E-state index >= 15 is 0 Å². The molecular weight excluding hydrogens is 542 g/mol. The Hall–Kier alpha value is -4.05. The van der Waals surface area contributed by atoms with Gasteiger partial charge in [-0.05, 0) is 69.2 Å². The maximum atomic E-state index is 14.2. The molecule has 1 unspecified atom stereocenters. The third-order valence-electron chi connectivity index (χ3n) is 6.37. The lowest BCUT2D eigenvalue weighted by Gasteiger charge is -2.34. The van der Waals surface area contributed by atoms with Crippen LogP contribution in [-0.4, -0.2) is 57.5 Å². The number of carbonyl (C=O) groups is 2. The van der Waals surface area contributed by atoms with Crippen molar-refractivity contribution in [3.05, 3.63) is 84.4 Å². The smallest absolute Gasteiger partial charge is 0.264 e. The third-order valence-corrected chi connectivity index (χ3v) is 8.15. The van der Waals surface area contributed by atoms with Crippen molar-refractivity contribution >= 4 is 27.5 Å². The summed E-state index contributed by atoms with van der Waals surface area (Å²) >= 11 is 0. The number of nitrogens with zero attached hydrogens (tertiary/aromatic N) is 2. The Labute approximate surface area is 243 Å². The number of benzene rings is 3. The summed E-state index contributed by atoms with van der Waals surface area (Å²) in [5.41, 5.74) is 0.998. The molecule has 9 nitrogen and oxygen atoms in total. The zero-order valence-electron chi connectivity index (χ0n) is 24.2. The van der Waals surface area contributed by atoms with Crippen LogP contribution in [-0.2, 0) is 26.2 Å². The number of hydrogen-bond donors (Lipinski definition) is 1. The van der Waals surface area contributed by atoms with Crippen molar-refractivity contribution in [2.75, 3.05) is 24.6 Å². The second kappa shape index (κ2) is 14.5. The first-order valence-corrected chi connectivity index (χ1v) is 15.1. The summed E-state index contributed by atoms with van der Waals surface area (Å²) in [6.45, 7) is 7.18. The minimum atomic E-state index is -4.19. The maximum absolute atomic E-state index is 14.2. The minimum Gasteiger partial charge on any atom is -0.497 e. The van der Waals surface area contributed by atoms with Crippen LogP contribution in [0.25, 0.3) is 0 Å². The van der Waals surface area contributed by atoms with Crippen LogP contribution in [0.5, 0.6) is 11.5 Å². The standard InChI is InChI=1S/C31H39N3O6S/c1-6-27(31(36)32-23(3)4)33(21-24-17-19-25(39-5)20-18-24)30(35)22-34(28-15-11-12-16-29(28)40-7-2)41(37,38)26-13-9-8-10-14-26/h8-20,23,27H,6-7,21-22H2,1-5H3,(H,32,36). The molecule has 3 rings (SSSR count). The summed E-state index contributed by atoms with van der Waals surface area (Å²) in [6.07, 6.45) is 0.335. The number of methoxy groups -OCH3 is 1. The molecule has 2 amide bonds. The summed E-state index contributed by atoms with van der Waals surface area (Å²) in [6, 6.07) is 20.9. The molecule has 41 heavy (non-hydrogen) atoms. The lowest BCUT2D eigenvalue weighted by Crippen LogP contribution is -2.53. The molecule has 0 fully saturated rings. The maximum Gasteiger partial charge on any atom is 0.264 e. The van der Waals surface area contributed by atoms with Gasteiger partial charge in [0.25, 0.3) is 10.0 Å². The minimum absolute atomic E-state index is 0.0328. The summed E-state index contributed by atoms with van der Waals surface area (Å²) < 4.78 is 40.1. The Morgan fingerprint density at radius 1 is 0.902 bits per heavy atom. The molecule has 0 aliphatic carbocycles. The molecule has 1 atom stereocenters. The van der Waals surface area contributed by atoms with Crippen LogP contribution in [0.1, 0.15) is 39.7 Å². The predicted octanol–water partition coefficient (Wildman–Crippen LogP) is 4.62. The van der Waals surface area contributed by atoms with Gasteiger partial charge in [0.1, 0.15) is 24.1 Å². The molecule has 220 valence electrons. The highest BCUT2D eigenvalue weighted by atomic mass is 32.2. The van der Waals surface area contributed by atoms with E-state index in [2.05, 4.69) is 5.32 Å². The monoisotopic (exact) mass is 581 g/mol. The molecule has 0 spiro atoms. The molecular formula is C31H39N3O6S. The molecule has 0 aromatic heterocycles. The van der Waals surface area contributed by atoms with Gasteiger partial charge in [-0.15, -0.1) is 0 Å². The summed E-state index contributed by atoms with van der Waals surface area (Å²) in [7, 11) is -2.62. The number of rotatable bonds is 14. The molecule has 0 aliphatic heterocycles. The molecule has 3 aromatic rings. The average molecular weight is 582 g/mol. The first-order chi connectivity index (χ1) is 19.6. The molecule has 3 aromatic carbocycles. The van der Waals surface area contributed by atoms with Gasteiger partial charge in [0.05, 0.1) is 24.3 Å². The number of nitrogens with one attached hydrogen (secondary N) is 1. The fourth-order valence-corrected chi connectivity index (χ4v) is 5.85. The van der Waals surface area contributed by atoms with E-state index in [9.17, 15) is 18.0 Å². The van der Waals surface area contributed by atoms with Crippen molar-refractivity contribution in [3.8, 4) is 11.5 Å². The number of carbonyl (C=O) groups excluding carboxylic acids is 2. The van der Waals surface area contributed by atoms with Crippen LogP contribution in [0, 0.1) is 0 Å². The quantitative estimate of drug-likeness (QED) is 0.298. The number of ether oxygens (including phenoxy) is 2. The topological polar surface area (TPSA) is 105 Å². The highest BCUT2D eigenvalue weighted by molar-refractivity contribution is 7.92. The van der Waals surface area contributed by atoms with Gasteiger partial charge in [0.2, 0.25) is 11.8 Å². The van der Waals surface area contributed by atoms with Crippen LogP contribution < -0.4 is 19.1 Å². The van der Waals surface area contributed by atoms with Gasteiger partial charge in [0, 0.05) is 12.6 Å². The fourth-order valence-electron chi connectivity index (χ4n) is 4.40. The van der Waals surface area contributed by atoms with E-state index in [4.69, 9.17) is 9.47 Å². The predicted molar refractivity (Wildman–Crippen MR) is 159 cm³/mol. The van der Waals surface area contributed by atoms with Gasteiger partial charge in [-0.2, -0.15) is 0 Å². The van der Waals surface area contributed by atoms with Gasteiger partial charge in [-0.3, -0.25) is 13.9 Å². The van der Waals surface area contributed by atoms with E-state index in [1.165, 1.54) is 17.0 Å². The molecule has 10 heteroatoms. The Morgan fingerprint density at radius 2 is 1.54 bits per heavy atom. The lowest BCUT2D eigenvalue weighted by molar-refractivity contribution is -0.140. The third kappa shape index (κ3) is 8.00. The van der Waals surface area contributed by atoms with Crippen LogP contribution in [0.3, 0.4) is 0 Å². The van der Waals surface area contributed by atoms with Gasteiger partial charge >= 0.3 is 0 Å². The van der Waals surface area contributed by atoms with Crippen LogP contribution in [0.15, 0.2) is 83.8 Å². The SMILES string of the molecule is CCOc1ccccc1N(CC(=O)N(Cc1ccc(OC)cc1)C(CC)C(=O)NC(C)C)S(=O)(=O)c1ccccc1. The summed E-state index contributed by atoms with van der Waals surface area (Å²) in [5.74, 6) is 0.145. The largest absolute Gasteiger partial charge is 0.497 e. The van der Waals surface area contributed by atoms with E-state index in [0.717, 1.165) is 9.87 Å². The molecule has 1 N–H and O–H groups in total. The number of anilines is 1. The van der Waals surface area contributed by atoms with E-state index in [1.807, 2.05) is 32.9 Å². The number of amides is 2. The Morgan fingerprint density at radius 3 is 2.12 bits per heavy atom. The number of para-hydroxylation sites is 2. The van der Waals surface area contributed by atoms with Crippen molar-refractivity contribution in [1.82, 2.24) is 10.2 Å². The van der Waals surface area contributed by atoms with Crippen molar-refractivity contribution in [2.45, 2.75) is 57.6 Å². The van der Waals surface area contributed by atoms with Gasteiger partial charge < -0.3 is 19.7 Å². The molecule has 0 aliphatic rings. The molecule has 0 saturated carbocycles. The fraction of sp³-hybridized carbons (Fsp3) is 0.355. The normalized spacial score (nSPS) is 12.0.